The van der Waals surface area contributed by atoms with Gasteiger partial charge in [0.2, 0.25) is 0 Å². The highest BCUT2D eigenvalue weighted by Crippen LogP contribution is 2.24. The van der Waals surface area contributed by atoms with Crippen molar-refractivity contribution in [3.05, 3.63) is 40.8 Å². The molecule has 0 saturated carbocycles. The number of aromatic nitrogens is 3. The summed E-state index contributed by atoms with van der Waals surface area (Å²) in [6.07, 6.45) is 1.84. The number of pyridine rings is 1. The molecule has 1 unspecified atom stereocenters. The van der Waals surface area contributed by atoms with Crippen molar-refractivity contribution in [2.24, 2.45) is 0 Å². The van der Waals surface area contributed by atoms with E-state index in [-0.39, 0.29) is 0 Å². The molecule has 0 aliphatic carbocycles. The molecule has 4 heteroatoms. The van der Waals surface area contributed by atoms with Gasteiger partial charge in [-0.25, -0.2) is 9.67 Å². The average molecular weight is 272 g/mol. The van der Waals surface area contributed by atoms with Crippen LogP contribution in [0.2, 0.25) is 0 Å². The van der Waals surface area contributed by atoms with E-state index in [1.807, 2.05) is 16.9 Å². The molecule has 108 valence electrons. The Hall–Kier alpha value is -1.68. The first-order valence-electron chi connectivity index (χ1n) is 7.24. The fraction of sp³-hybridized carbons (Fsp3) is 0.500. The van der Waals surface area contributed by atoms with Crippen LogP contribution in [0.3, 0.4) is 0 Å². The van der Waals surface area contributed by atoms with Crippen LogP contribution in [-0.2, 0) is 0 Å². The maximum absolute atomic E-state index is 4.68. The smallest absolute Gasteiger partial charge is 0.153 e. The molecular weight excluding hydrogens is 248 g/mol. The summed E-state index contributed by atoms with van der Waals surface area (Å²) in [5.41, 5.74) is 4.81. The van der Waals surface area contributed by atoms with E-state index in [4.69, 9.17) is 0 Å². The second-order valence-corrected chi connectivity index (χ2v) is 5.40. The van der Waals surface area contributed by atoms with Gasteiger partial charge in [0.25, 0.3) is 0 Å². The lowest BCUT2D eigenvalue weighted by atomic mass is 9.99. The molecule has 2 rings (SSSR count). The average Bonchev–Trinajstić information content (AvgIpc) is 2.71. The monoisotopic (exact) mass is 272 g/mol. The molecular formula is C16H24N4. The first-order valence-corrected chi connectivity index (χ1v) is 7.24. The second kappa shape index (κ2) is 6.18. The van der Waals surface area contributed by atoms with Gasteiger partial charge >= 0.3 is 0 Å². The van der Waals surface area contributed by atoms with E-state index in [0.29, 0.717) is 5.92 Å². The molecule has 0 aliphatic rings. The summed E-state index contributed by atoms with van der Waals surface area (Å²) in [5, 5.41) is 8.08. The third-order valence-corrected chi connectivity index (χ3v) is 3.66. The Morgan fingerprint density at radius 2 is 2.05 bits per heavy atom. The predicted octanol–water partition coefficient (Wildman–Crippen LogP) is 2.91. The topological polar surface area (TPSA) is 42.7 Å². The number of hydrogen-bond acceptors (Lipinski definition) is 3. The Morgan fingerprint density at radius 3 is 2.70 bits per heavy atom. The fourth-order valence-corrected chi connectivity index (χ4v) is 2.69. The molecule has 0 radical (unpaired) electrons. The molecule has 1 N–H and O–H groups in total. The van der Waals surface area contributed by atoms with Crippen molar-refractivity contribution in [1.82, 2.24) is 20.1 Å². The highest BCUT2D eigenvalue weighted by atomic mass is 15.3. The SMILES string of the molecule is CCNCC(C)c1c(C)nn(-c2cc(C)ccn2)c1C. The third kappa shape index (κ3) is 2.90. The van der Waals surface area contributed by atoms with Crippen molar-refractivity contribution < 1.29 is 0 Å². The normalized spacial score (nSPS) is 12.7. The van der Waals surface area contributed by atoms with Gasteiger partial charge in [0.1, 0.15) is 0 Å². The van der Waals surface area contributed by atoms with Gasteiger partial charge in [-0.15, -0.1) is 0 Å². The molecule has 0 spiro atoms. The van der Waals surface area contributed by atoms with Crippen LogP contribution < -0.4 is 5.32 Å². The molecule has 0 saturated heterocycles. The third-order valence-electron chi connectivity index (χ3n) is 3.66. The van der Waals surface area contributed by atoms with Crippen molar-refractivity contribution in [2.45, 2.75) is 40.5 Å². The zero-order valence-corrected chi connectivity index (χ0v) is 13.1. The molecule has 4 nitrogen and oxygen atoms in total. The Balaban J connectivity index is 2.38. The van der Waals surface area contributed by atoms with Gasteiger partial charge in [0.05, 0.1) is 5.69 Å². The summed E-state index contributed by atoms with van der Waals surface area (Å²) in [7, 11) is 0. The summed E-state index contributed by atoms with van der Waals surface area (Å²) >= 11 is 0. The van der Waals surface area contributed by atoms with Crippen molar-refractivity contribution in [2.75, 3.05) is 13.1 Å². The summed E-state index contributed by atoms with van der Waals surface area (Å²) in [4.78, 5) is 4.43. The van der Waals surface area contributed by atoms with Crippen molar-refractivity contribution in [3.63, 3.8) is 0 Å². The van der Waals surface area contributed by atoms with E-state index in [2.05, 4.69) is 56.1 Å². The largest absolute Gasteiger partial charge is 0.316 e. The van der Waals surface area contributed by atoms with Gasteiger partial charge in [0.15, 0.2) is 5.82 Å². The van der Waals surface area contributed by atoms with Gasteiger partial charge in [-0.05, 0) is 50.9 Å². The van der Waals surface area contributed by atoms with E-state index in [1.165, 1.54) is 16.8 Å². The van der Waals surface area contributed by atoms with E-state index >= 15 is 0 Å². The molecule has 0 fully saturated rings. The lowest BCUT2D eigenvalue weighted by Gasteiger charge is -2.13. The van der Waals surface area contributed by atoms with Gasteiger partial charge in [0, 0.05) is 24.0 Å². The first-order chi connectivity index (χ1) is 9.54. The molecule has 2 heterocycles. The number of likely N-dealkylation sites (N-methyl/N-ethyl adjacent to an activating group) is 1. The molecule has 1 atom stereocenters. The highest BCUT2D eigenvalue weighted by molar-refractivity contribution is 5.36. The summed E-state index contributed by atoms with van der Waals surface area (Å²) in [6.45, 7) is 12.6. The Kier molecular flexibility index (Phi) is 4.55. The number of aryl methyl sites for hydroxylation is 2. The predicted molar refractivity (Wildman–Crippen MR) is 82.5 cm³/mol. The van der Waals surface area contributed by atoms with Crippen molar-refractivity contribution in [3.8, 4) is 5.82 Å². The van der Waals surface area contributed by atoms with Crippen LogP contribution in [0.25, 0.3) is 5.82 Å². The van der Waals surface area contributed by atoms with Crippen molar-refractivity contribution in [1.29, 1.82) is 0 Å². The molecule has 0 aromatic carbocycles. The number of nitrogens with zero attached hydrogens (tertiary/aromatic N) is 3. The summed E-state index contributed by atoms with van der Waals surface area (Å²) in [6, 6.07) is 4.07. The molecule has 0 amide bonds. The van der Waals surface area contributed by atoms with E-state index < -0.39 is 0 Å². The second-order valence-electron chi connectivity index (χ2n) is 5.40. The van der Waals surface area contributed by atoms with E-state index in [1.54, 1.807) is 0 Å². The summed E-state index contributed by atoms with van der Waals surface area (Å²) in [5.74, 6) is 1.35. The van der Waals surface area contributed by atoms with Crippen molar-refractivity contribution >= 4 is 0 Å². The van der Waals surface area contributed by atoms with Crippen LogP contribution in [0, 0.1) is 20.8 Å². The number of nitrogens with one attached hydrogen (secondary N) is 1. The Bertz CT molecular complexity index is 586. The standard InChI is InChI=1S/C16H24N4/c1-6-17-10-12(3)16-13(4)19-20(14(16)5)15-9-11(2)7-8-18-15/h7-9,12,17H,6,10H2,1-5H3. The minimum Gasteiger partial charge on any atom is -0.316 e. The van der Waals surface area contributed by atoms with Gasteiger partial charge < -0.3 is 5.32 Å². The molecule has 0 bridgehead atoms. The maximum atomic E-state index is 4.68. The summed E-state index contributed by atoms with van der Waals surface area (Å²) < 4.78 is 1.96. The molecule has 0 aliphatic heterocycles. The Morgan fingerprint density at radius 1 is 1.30 bits per heavy atom. The zero-order chi connectivity index (χ0) is 14.7. The Labute approximate surface area is 121 Å². The number of hydrogen-bond donors (Lipinski definition) is 1. The van der Waals surface area contributed by atoms with Crippen LogP contribution in [0.5, 0.6) is 0 Å². The molecule has 20 heavy (non-hydrogen) atoms. The van der Waals surface area contributed by atoms with Crippen LogP contribution >= 0.6 is 0 Å². The maximum Gasteiger partial charge on any atom is 0.153 e. The molecule has 2 aromatic heterocycles. The lowest BCUT2D eigenvalue weighted by molar-refractivity contribution is 0.630. The lowest BCUT2D eigenvalue weighted by Crippen LogP contribution is -2.20. The van der Waals surface area contributed by atoms with E-state index in [9.17, 15) is 0 Å². The highest BCUT2D eigenvalue weighted by Gasteiger charge is 2.18. The molecule has 2 aromatic rings. The minimum absolute atomic E-state index is 0.452. The fourth-order valence-electron chi connectivity index (χ4n) is 2.69. The van der Waals surface area contributed by atoms with E-state index in [0.717, 1.165) is 24.6 Å². The van der Waals surface area contributed by atoms with Crippen LogP contribution in [0.4, 0.5) is 0 Å². The number of rotatable bonds is 5. The van der Waals surface area contributed by atoms with Crippen LogP contribution in [-0.4, -0.2) is 27.9 Å². The van der Waals surface area contributed by atoms with Crippen LogP contribution in [0.15, 0.2) is 18.3 Å². The zero-order valence-electron chi connectivity index (χ0n) is 13.1. The first kappa shape index (κ1) is 14.7. The van der Waals surface area contributed by atoms with Gasteiger partial charge in [-0.2, -0.15) is 5.10 Å². The quantitative estimate of drug-likeness (QED) is 0.910. The minimum atomic E-state index is 0.452. The van der Waals surface area contributed by atoms with Gasteiger partial charge in [-0.1, -0.05) is 13.8 Å². The van der Waals surface area contributed by atoms with Crippen LogP contribution in [0.1, 0.15) is 42.3 Å². The van der Waals surface area contributed by atoms with Gasteiger partial charge in [-0.3, -0.25) is 0 Å².